The smallest absolute Gasteiger partial charge is 0.178 e. The van der Waals surface area contributed by atoms with Crippen LogP contribution in [0.15, 0.2) is 79.2 Å². The van der Waals surface area contributed by atoms with Crippen LogP contribution in [0.25, 0.3) is 0 Å². The van der Waals surface area contributed by atoms with E-state index in [9.17, 15) is 4.39 Å². The van der Waals surface area contributed by atoms with Gasteiger partial charge in [-0.1, -0.05) is 36.4 Å². The van der Waals surface area contributed by atoms with Crippen molar-refractivity contribution in [3.8, 4) is 17.2 Å². The van der Waals surface area contributed by atoms with Crippen LogP contribution in [-0.2, 0) is 27.2 Å². The summed E-state index contributed by atoms with van der Waals surface area (Å²) >= 11 is 0. The molecule has 44 heavy (non-hydrogen) atoms. The molecule has 238 valence electrons. The van der Waals surface area contributed by atoms with Crippen LogP contribution in [-0.4, -0.2) is 66.4 Å². The standard InChI is InChI=1S/C35H45FN2O6/c1-26(39-2)38-18-15-28-9-12-30(36)23-34(28)43-21-22-44-35-24-37-17-16-32(35)27-10-13-31(14-11-27)42-20-6-19-41-25-29-7-4-5-8-33(29)40-3/h4-5,7-14,23,32,35,37-38H,1,6,15-22,24-25H2,2-3H3/t32-,35+/m1/s1. The maximum atomic E-state index is 13.9. The van der Waals surface area contributed by atoms with Gasteiger partial charge in [-0.25, -0.2) is 4.39 Å². The molecule has 4 rings (SSSR count). The van der Waals surface area contributed by atoms with Gasteiger partial charge in [0.15, 0.2) is 5.88 Å². The fraction of sp³-hybridized carbons (Fsp3) is 0.429. The Labute approximate surface area is 260 Å². The van der Waals surface area contributed by atoms with Gasteiger partial charge in [0.1, 0.15) is 29.7 Å². The van der Waals surface area contributed by atoms with Crippen LogP contribution in [0, 0.1) is 5.82 Å². The molecule has 1 aliphatic rings. The first-order valence-electron chi connectivity index (χ1n) is 15.2. The Balaban J connectivity index is 1.18. The lowest BCUT2D eigenvalue weighted by molar-refractivity contribution is 0.00717. The third kappa shape index (κ3) is 10.4. The van der Waals surface area contributed by atoms with E-state index in [-0.39, 0.29) is 17.8 Å². The van der Waals surface area contributed by atoms with Gasteiger partial charge in [-0.05, 0) is 61.4 Å². The predicted octanol–water partition coefficient (Wildman–Crippen LogP) is 5.61. The van der Waals surface area contributed by atoms with Crippen molar-refractivity contribution in [2.75, 3.05) is 60.3 Å². The van der Waals surface area contributed by atoms with Crippen molar-refractivity contribution in [3.63, 3.8) is 0 Å². The zero-order valence-corrected chi connectivity index (χ0v) is 25.8. The van der Waals surface area contributed by atoms with Crippen molar-refractivity contribution >= 4 is 0 Å². The molecule has 2 atom stereocenters. The molecule has 0 aromatic heterocycles. The van der Waals surface area contributed by atoms with Gasteiger partial charge < -0.3 is 39.1 Å². The molecule has 1 saturated heterocycles. The van der Waals surface area contributed by atoms with E-state index in [0.29, 0.717) is 57.6 Å². The molecule has 3 aromatic carbocycles. The summed E-state index contributed by atoms with van der Waals surface area (Å²) in [7, 11) is 3.23. The summed E-state index contributed by atoms with van der Waals surface area (Å²) in [5, 5.41) is 6.50. The van der Waals surface area contributed by atoms with Crippen molar-refractivity contribution < 1.29 is 32.8 Å². The second kappa shape index (κ2) is 18.1. The molecule has 1 heterocycles. The molecular formula is C35H45FN2O6. The number of nitrogens with one attached hydrogen (secondary N) is 2. The first-order chi connectivity index (χ1) is 21.6. The number of methoxy groups -OCH3 is 2. The molecule has 1 fully saturated rings. The number of para-hydroxylation sites is 1. The van der Waals surface area contributed by atoms with Gasteiger partial charge >= 0.3 is 0 Å². The Bertz CT molecular complexity index is 1290. The lowest BCUT2D eigenvalue weighted by Gasteiger charge is -2.32. The minimum absolute atomic E-state index is 0.00995. The van der Waals surface area contributed by atoms with Crippen molar-refractivity contribution in [1.82, 2.24) is 10.6 Å². The highest BCUT2D eigenvalue weighted by Gasteiger charge is 2.27. The highest BCUT2D eigenvalue weighted by Crippen LogP contribution is 2.29. The van der Waals surface area contributed by atoms with E-state index in [1.54, 1.807) is 20.3 Å². The molecule has 0 amide bonds. The third-order valence-electron chi connectivity index (χ3n) is 7.55. The summed E-state index contributed by atoms with van der Waals surface area (Å²) in [4.78, 5) is 0. The van der Waals surface area contributed by atoms with E-state index in [4.69, 9.17) is 28.4 Å². The summed E-state index contributed by atoms with van der Waals surface area (Å²) in [6.07, 6.45) is 2.42. The molecule has 3 aromatic rings. The number of halogens is 1. The van der Waals surface area contributed by atoms with Crippen LogP contribution in [0.4, 0.5) is 4.39 Å². The number of benzene rings is 3. The van der Waals surface area contributed by atoms with Crippen molar-refractivity contribution in [2.45, 2.75) is 37.9 Å². The van der Waals surface area contributed by atoms with Gasteiger partial charge in [0, 0.05) is 37.1 Å². The summed E-state index contributed by atoms with van der Waals surface area (Å²) in [6.45, 7) is 8.48. The fourth-order valence-corrected chi connectivity index (χ4v) is 5.18. The second-order valence-corrected chi connectivity index (χ2v) is 10.5. The second-order valence-electron chi connectivity index (χ2n) is 10.5. The van der Waals surface area contributed by atoms with Crippen LogP contribution in [0.5, 0.6) is 17.2 Å². The molecule has 0 saturated carbocycles. The first-order valence-corrected chi connectivity index (χ1v) is 15.2. The summed E-state index contributed by atoms with van der Waals surface area (Å²) < 4.78 is 48.3. The number of rotatable bonds is 19. The molecule has 0 aliphatic carbocycles. The Morgan fingerprint density at radius 2 is 1.77 bits per heavy atom. The average molecular weight is 609 g/mol. The maximum Gasteiger partial charge on any atom is 0.178 e. The van der Waals surface area contributed by atoms with Gasteiger partial charge in [-0.3, -0.25) is 0 Å². The lowest BCUT2D eigenvalue weighted by Crippen LogP contribution is -2.41. The van der Waals surface area contributed by atoms with Crippen LogP contribution < -0.4 is 24.8 Å². The lowest BCUT2D eigenvalue weighted by atomic mass is 9.88. The largest absolute Gasteiger partial charge is 0.496 e. The normalized spacial score (nSPS) is 16.2. The fourth-order valence-electron chi connectivity index (χ4n) is 5.18. The Morgan fingerprint density at radius 3 is 2.59 bits per heavy atom. The van der Waals surface area contributed by atoms with Gasteiger partial charge in [0.2, 0.25) is 0 Å². The highest BCUT2D eigenvalue weighted by atomic mass is 19.1. The molecule has 9 heteroatoms. The molecule has 0 bridgehead atoms. The number of ether oxygens (including phenoxy) is 6. The average Bonchev–Trinajstić information content (AvgIpc) is 3.06. The highest BCUT2D eigenvalue weighted by molar-refractivity contribution is 5.35. The topological polar surface area (TPSA) is 79.4 Å². The summed E-state index contributed by atoms with van der Waals surface area (Å²) in [5.41, 5.74) is 3.17. The van der Waals surface area contributed by atoms with Crippen LogP contribution in [0.1, 0.15) is 35.4 Å². The van der Waals surface area contributed by atoms with Gasteiger partial charge in [0.25, 0.3) is 0 Å². The molecule has 1 aliphatic heterocycles. The number of hydrogen-bond donors (Lipinski definition) is 2. The van der Waals surface area contributed by atoms with Gasteiger partial charge in [0.05, 0.1) is 46.8 Å². The summed E-state index contributed by atoms with van der Waals surface area (Å²) in [6, 6.07) is 20.8. The minimum Gasteiger partial charge on any atom is -0.496 e. The zero-order valence-electron chi connectivity index (χ0n) is 25.8. The van der Waals surface area contributed by atoms with Crippen molar-refractivity contribution in [1.29, 1.82) is 0 Å². The molecule has 2 N–H and O–H groups in total. The minimum atomic E-state index is -0.333. The van der Waals surface area contributed by atoms with E-state index in [1.165, 1.54) is 17.7 Å². The van der Waals surface area contributed by atoms with Crippen molar-refractivity contribution in [2.24, 2.45) is 0 Å². The van der Waals surface area contributed by atoms with E-state index in [0.717, 1.165) is 48.6 Å². The Hall–Kier alpha value is -3.79. The predicted molar refractivity (Wildman–Crippen MR) is 169 cm³/mol. The molecule has 0 spiro atoms. The SMILES string of the molecule is C=C(NCCc1ccc(F)cc1OCCO[C@H]1CNCC[C@@H]1c1ccc(OCCCOCc2ccccc2OC)cc1)OC. The van der Waals surface area contributed by atoms with Crippen molar-refractivity contribution in [3.05, 3.63) is 102 Å². The number of piperidine rings is 1. The van der Waals surface area contributed by atoms with E-state index >= 15 is 0 Å². The van der Waals surface area contributed by atoms with E-state index in [1.807, 2.05) is 36.4 Å². The summed E-state index contributed by atoms with van der Waals surface area (Å²) in [5.74, 6) is 2.62. The quantitative estimate of drug-likeness (QED) is 0.134. The molecular weight excluding hydrogens is 563 g/mol. The van der Waals surface area contributed by atoms with Gasteiger partial charge in [-0.15, -0.1) is 0 Å². The van der Waals surface area contributed by atoms with E-state index in [2.05, 4.69) is 29.3 Å². The van der Waals surface area contributed by atoms with E-state index < -0.39 is 0 Å². The zero-order chi connectivity index (χ0) is 31.0. The van der Waals surface area contributed by atoms with Crippen LogP contribution in [0.2, 0.25) is 0 Å². The monoisotopic (exact) mass is 608 g/mol. The molecule has 0 unspecified atom stereocenters. The molecule has 0 radical (unpaired) electrons. The maximum absolute atomic E-state index is 13.9. The Morgan fingerprint density at radius 1 is 0.932 bits per heavy atom. The Kier molecular flexibility index (Phi) is 13.6. The first kappa shape index (κ1) is 33.1. The number of hydrogen-bond acceptors (Lipinski definition) is 8. The third-order valence-corrected chi connectivity index (χ3v) is 7.55. The van der Waals surface area contributed by atoms with Gasteiger partial charge in [-0.2, -0.15) is 0 Å². The molecule has 8 nitrogen and oxygen atoms in total. The van der Waals surface area contributed by atoms with Crippen LogP contribution in [0.3, 0.4) is 0 Å². The van der Waals surface area contributed by atoms with Crippen LogP contribution >= 0.6 is 0 Å².